The summed E-state index contributed by atoms with van der Waals surface area (Å²) >= 11 is 1.71. The molecule has 1 amide bonds. The molecule has 0 unspecified atom stereocenters. The first-order valence-electron chi connectivity index (χ1n) is 8.70. The van der Waals surface area contributed by atoms with Crippen molar-refractivity contribution in [2.75, 3.05) is 6.54 Å². The molecule has 4 heteroatoms. The summed E-state index contributed by atoms with van der Waals surface area (Å²) in [6.07, 6.45) is 6.79. The SMILES string of the molecule is O=C(/C=C/c1ccccc1)N1CCCC[C@H]1c1nc2ccccc2s1. The fraction of sp³-hybridized carbons (Fsp3) is 0.238. The number of carbonyl (C=O) groups excluding carboxylic acids is 1. The first kappa shape index (κ1) is 16.0. The third kappa shape index (κ3) is 3.49. The van der Waals surface area contributed by atoms with Gasteiger partial charge in [-0.2, -0.15) is 0 Å². The Morgan fingerprint density at radius 2 is 1.88 bits per heavy atom. The maximum Gasteiger partial charge on any atom is 0.247 e. The molecular weight excluding hydrogens is 328 g/mol. The highest BCUT2D eigenvalue weighted by atomic mass is 32.1. The number of aromatic nitrogens is 1. The number of para-hydroxylation sites is 1. The van der Waals surface area contributed by atoms with E-state index in [9.17, 15) is 4.79 Å². The lowest BCUT2D eigenvalue weighted by Gasteiger charge is -2.33. The summed E-state index contributed by atoms with van der Waals surface area (Å²) in [6, 6.07) is 18.2. The Morgan fingerprint density at radius 3 is 2.72 bits per heavy atom. The van der Waals surface area contributed by atoms with Crippen molar-refractivity contribution in [3.05, 3.63) is 71.2 Å². The quantitative estimate of drug-likeness (QED) is 0.620. The predicted molar refractivity (Wildman–Crippen MR) is 103 cm³/mol. The van der Waals surface area contributed by atoms with Gasteiger partial charge in [0.2, 0.25) is 5.91 Å². The average Bonchev–Trinajstić information content (AvgIpc) is 3.11. The first-order valence-corrected chi connectivity index (χ1v) is 9.52. The van der Waals surface area contributed by atoms with E-state index in [-0.39, 0.29) is 11.9 Å². The summed E-state index contributed by atoms with van der Waals surface area (Å²) in [5, 5.41) is 1.06. The fourth-order valence-corrected chi connectivity index (χ4v) is 4.43. The van der Waals surface area contributed by atoms with Crippen molar-refractivity contribution in [3.63, 3.8) is 0 Å². The van der Waals surface area contributed by atoms with Gasteiger partial charge in [-0.1, -0.05) is 42.5 Å². The van der Waals surface area contributed by atoms with Crippen molar-refractivity contribution in [2.45, 2.75) is 25.3 Å². The molecule has 1 aliphatic rings. The molecule has 1 aromatic heterocycles. The molecular formula is C21H20N2OS. The highest BCUT2D eigenvalue weighted by Crippen LogP contribution is 2.35. The average molecular weight is 348 g/mol. The molecule has 3 aromatic rings. The molecule has 0 N–H and O–H groups in total. The molecule has 0 radical (unpaired) electrons. The van der Waals surface area contributed by atoms with Crippen LogP contribution in [-0.4, -0.2) is 22.3 Å². The summed E-state index contributed by atoms with van der Waals surface area (Å²) in [7, 11) is 0. The molecule has 25 heavy (non-hydrogen) atoms. The number of hydrogen-bond acceptors (Lipinski definition) is 3. The highest BCUT2D eigenvalue weighted by Gasteiger charge is 2.29. The van der Waals surface area contributed by atoms with Gasteiger partial charge in [-0.3, -0.25) is 4.79 Å². The van der Waals surface area contributed by atoms with Crippen LogP contribution in [0.25, 0.3) is 16.3 Å². The summed E-state index contributed by atoms with van der Waals surface area (Å²) < 4.78 is 1.19. The van der Waals surface area contributed by atoms with Crippen LogP contribution in [0.3, 0.4) is 0 Å². The molecule has 1 atom stereocenters. The number of rotatable bonds is 3. The minimum absolute atomic E-state index is 0.0767. The molecule has 0 saturated carbocycles. The minimum Gasteiger partial charge on any atom is -0.330 e. The Kier molecular flexibility index (Phi) is 4.61. The van der Waals surface area contributed by atoms with Gasteiger partial charge in [0.05, 0.1) is 16.3 Å². The Bertz CT molecular complexity index is 867. The van der Waals surface area contributed by atoms with Gasteiger partial charge in [0.1, 0.15) is 5.01 Å². The van der Waals surface area contributed by atoms with Crippen molar-refractivity contribution in [3.8, 4) is 0 Å². The van der Waals surface area contributed by atoms with Crippen LogP contribution in [0.5, 0.6) is 0 Å². The van der Waals surface area contributed by atoms with Crippen molar-refractivity contribution in [2.24, 2.45) is 0 Å². The Labute approximate surface area is 151 Å². The van der Waals surface area contributed by atoms with Crippen LogP contribution in [0.2, 0.25) is 0 Å². The second-order valence-electron chi connectivity index (χ2n) is 6.31. The van der Waals surface area contributed by atoms with Crippen LogP contribution >= 0.6 is 11.3 Å². The Morgan fingerprint density at radius 1 is 1.08 bits per heavy atom. The maximum atomic E-state index is 12.8. The number of amides is 1. The maximum absolute atomic E-state index is 12.8. The zero-order valence-corrected chi connectivity index (χ0v) is 14.8. The normalized spacial score (nSPS) is 18.1. The van der Waals surface area contributed by atoms with E-state index < -0.39 is 0 Å². The lowest BCUT2D eigenvalue weighted by molar-refractivity contribution is -0.129. The third-order valence-corrected chi connectivity index (χ3v) is 5.74. The molecule has 2 aromatic carbocycles. The van der Waals surface area contributed by atoms with E-state index in [1.54, 1.807) is 17.4 Å². The highest BCUT2D eigenvalue weighted by molar-refractivity contribution is 7.18. The molecule has 3 nitrogen and oxygen atoms in total. The number of piperidine rings is 1. The number of carbonyl (C=O) groups is 1. The van der Waals surface area contributed by atoms with Gasteiger partial charge in [-0.25, -0.2) is 4.98 Å². The van der Waals surface area contributed by atoms with Gasteiger partial charge in [0.15, 0.2) is 0 Å². The van der Waals surface area contributed by atoms with Crippen LogP contribution < -0.4 is 0 Å². The number of fused-ring (bicyclic) bond motifs is 1. The molecule has 4 rings (SSSR count). The lowest BCUT2D eigenvalue weighted by Crippen LogP contribution is -2.37. The van der Waals surface area contributed by atoms with E-state index >= 15 is 0 Å². The topological polar surface area (TPSA) is 33.2 Å². The van der Waals surface area contributed by atoms with Crippen molar-refractivity contribution < 1.29 is 4.79 Å². The van der Waals surface area contributed by atoms with Crippen molar-refractivity contribution in [1.29, 1.82) is 0 Å². The molecule has 0 aliphatic carbocycles. The second kappa shape index (κ2) is 7.19. The van der Waals surface area contributed by atoms with Gasteiger partial charge >= 0.3 is 0 Å². The van der Waals surface area contributed by atoms with Gasteiger partial charge in [-0.15, -0.1) is 11.3 Å². The smallest absolute Gasteiger partial charge is 0.247 e. The van der Waals surface area contributed by atoms with Crippen molar-refractivity contribution in [1.82, 2.24) is 9.88 Å². The summed E-state index contributed by atoms with van der Waals surface area (Å²) in [4.78, 5) is 19.6. The number of benzene rings is 2. The van der Waals surface area contributed by atoms with Crippen LogP contribution in [0.15, 0.2) is 60.7 Å². The van der Waals surface area contributed by atoms with Gasteiger partial charge < -0.3 is 4.90 Å². The molecule has 0 spiro atoms. The zero-order valence-electron chi connectivity index (χ0n) is 14.0. The van der Waals surface area contributed by atoms with Crippen LogP contribution in [0, 0.1) is 0 Å². The number of likely N-dealkylation sites (tertiary alicyclic amines) is 1. The number of thiazole rings is 1. The fourth-order valence-electron chi connectivity index (χ4n) is 3.31. The van der Waals surface area contributed by atoms with E-state index in [1.165, 1.54) is 4.70 Å². The van der Waals surface area contributed by atoms with Crippen LogP contribution in [0.1, 0.15) is 35.9 Å². The zero-order chi connectivity index (χ0) is 17.1. The van der Waals surface area contributed by atoms with Gasteiger partial charge in [0.25, 0.3) is 0 Å². The van der Waals surface area contributed by atoms with E-state index in [4.69, 9.17) is 4.98 Å². The minimum atomic E-state index is 0.0767. The van der Waals surface area contributed by atoms with Crippen molar-refractivity contribution >= 4 is 33.5 Å². The lowest BCUT2D eigenvalue weighted by atomic mass is 10.0. The standard InChI is InChI=1S/C21H20N2OS/c24-20(14-13-16-8-2-1-3-9-16)23-15-7-6-11-18(23)21-22-17-10-4-5-12-19(17)25-21/h1-5,8-10,12-14,18H,6-7,11,15H2/b14-13+/t18-/m0/s1. The summed E-state index contributed by atoms with van der Waals surface area (Å²) in [5.41, 5.74) is 2.07. The largest absolute Gasteiger partial charge is 0.330 e. The molecule has 1 fully saturated rings. The van der Waals surface area contributed by atoms with Crippen LogP contribution in [0.4, 0.5) is 0 Å². The monoisotopic (exact) mass is 348 g/mol. The Balaban J connectivity index is 1.58. The van der Waals surface area contributed by atoms with Gasteiger partial charge in [-0.05, 0) is 43.0 Å². The second-order valence-corrected chi connectivity index (χ2v) is 7.37. The molecule has 1 aliphatic heterocycles. The molecule has 0 bridgehead atoms. The van der Waals surface area contributed by atoms with E-state index in [1.807, 2.05) is 59.5 Å². The van der Waals surface area contributed by atoms with E-state index in [2.05, 4.69) is 6.07 Å². The molecule has 1 saturated heterocycles. The van der Waals surface area contributed by atoms with Gasteiger partial charge in [0, 0.05) is 12.6 Å². The number of nitrogens with zero attached hydrogens (tertiary/aromatic N) is 2. The third-order valence-electron chi connectivity index (χ3n) is 4.60. The predicted octanol–water partition coefficient (Wildman–Crippen LogP) is 5.06. The molecule has 2 heterocycles. The molecule has 126 valence electrons. The summed E-state index contributed by atoms with van der Waals surface area (Å²) in [6.45, 7) is 0.804. The van der Waals surface area contributed by atoms with E-state index in [0.29, 0.717) is 0 Å². The Hall–Kier alpha value is -2.46. The summed E-state index contributed by atoms with van der Waals surface area (Å²) in [5.74, 6) is 0.0767. The van der Waals surface area contributed by atoms with E-state index in [0.717, 1.165) is 41.9 Å². The number of hydrogen-bond donors (Lipinski definition) is 0. The first-order chi connectivity index (χ1) is 12.3. The van der Waals surface area contributed by atoms with Crippen LogP contribution in [-0.2, 0) is 4.79 Å².